The quantitative estimate of drug-likeness (QED) is 0.139. The third kappa shape index (κ3) is 7.76. The third-order valence-corrected chi connectivity index (χ3v) is 8.44. The van der Waals surface area contributed by atoms with Gasteiger partial charge in [0.25, 0.3) is 0 Å². The molecular formula is C34H40N2O5S. The van der Waals surface area contributed by atoms with E-state index in [-0.39, 0.29) is 19.0 Å². The van der Waals surface area contributed by atoms with Crippen LogP contribution in [0.3, 0.4) is 0 Å². The van der Waals surface area contributed by atoms with Crippen molar-refractivity contribution in [3.8, 4) is 5.75 Å². The monoisotopic (exact) mass is 588 g/mol. The van der Waals surface area contributed by atoms with E-state index in [0.29, 0.717) is 29.9 Å². The highest BCUT2D eigenvalue weighted by Gasteiger charge is 2.28. The molecule has 0 saturated carbocycles. The molecule has 42 heavy (non-hydrogen) atoms. The summed E-state index contributed by atoms with van der Waals surface area (Å²) in [5, 5.41) is 32.8. The number of benzene rings is 2. The lowest BCUT2D eigenvalue weighted by Crippen LogP contribution is -2.29. The van der Waals surface area contributed by atoms with Crippen LogP contribution in [0.5, 0.6) is 5.75 Å². The van der Waals surface area contributed by atoms with Crippen LogP contribution in [0.1, 0.15) is 71.5 Å². The third-order valence-electron chi connectivity index (χ3n) is 7.25. The number of carbonyl (C=O) groups excluding carboxylic acids is 1. The number of unbranched alkanes of at least 4 members (excludes halogenated alkanes) is 2. The second kappa shape index (κ2) is 15.5. The normalized spacial score (nSPS) is 14.1. The van der Waals surface area contributed by atoms with Crippen LogP contribution < -0.4 is 4.90 Å². The van der Waals surface area contributed by atoms with Gasteiger partial charge in [0.2, 0.25) is 0 Å². The van der Waals surface area contributed by atoms with Gasteiger partial charge in [-0.25, -0.2) is 4.79 Å². The van der Waals surface area contributed by atoms with Crippen molar-refractivity contribution in [3.05, 3.63) is 86.1 Å². The number of anilines is 1. The molecule has 0 unspecified atom stereocenters. The average molecular weight is 589 g/mol. The Kier molecular flexibility index (Phi) is 11.5. The Morgan fingerprint density at radius 2 is 1.57 bits per heavy atom. The molecule has 3 N–H and O–H groups in total. The lowest BCUT2D eigenvalue weighted by atomic mass is 9.96. The molecule has 7 nitrogen and oxygen atoms in total. The average Bonchev–Trinajstić information content (AvgIpc) is 3.52. The van der Waals surface area contributed by atoms with E-state index in [0.717, 1.165) is 54.7 Å². The Hall–Kier alpha value is -3.72. The Morgan fingerprint density at radius 3 is 2.19 bits per heavy atom. The van der Waals surface area contributed by atoms with Crippen molar-refractivity contribution in [2.75, 3.05) is 31.2 Å². The van der Waals surface area contributed by atoms with Crippen LogP contribution in [-0.4, -0.2) is 53.3 Å². The van der Waals surface area contributed by atoms with Crippen LogP contribution in [0.25, 0.3) is 18.2 Å². The smallest absolute Gasteiger partial charge is 0.368 e. The molecule has 0 radical (unpaired) electrons. The molecular weight excluding hydrogens is 548 g/mol. The topological polar surface area (TPSA) is 103 Å². The lowest BCUT2D eigenvalue weighted by Gasteiger charge is -2.22. The standard InChI is InChI=1S/C34H40N2O5S/c1-3-5-10-28-29(11-6-4-2)32(23-30-33(35-41-34(30)40)25-8-7-9-27(39)22-25)42-31(28)17-14-24-12-15-26(16-13-24)36(18-20-37)19-21-38/h7-9,12-17,22-23,37-39H,3-6,10-11,18-21H2,1-2H3/b17-14+,30-23-. The molecule has 0 fully saturated rings. The zero-order valence-electron chi connectivity index (χ0n) is 24.4. The number of oxime groups is 1. The number of carbonyl (C=O) groups is 1. The van der Waals surface area contributed by atoms with Crippen molar-refractivity contribution >= 4 is 46.9 Å². The minimum absolute atomic E-state index is 0.0261. The molecule has 4 rings (SSSR count). The van der Waals surface area contributed by atoms with Crippen molar-refractivity contribution in [2.24, 2.45) is 5.16 Å². The Labute approximate surface area is 252 Å². The van der Waals surface area contributed by atoms with Crippen LogP contribution in [0.4, 0.5) is 5.69 Å². The van der Waals surface area contributed by atoms with Gasteiger partial charge >= 0.3 is 5.97 Å². The highest BCUT2D eigenvalue weighted by molar-refractivity contribution is 7.14. The molecule has 0 aliphatic carbocycles. The lowest BCUT2D eigenvalue weighted by molar-refractivity contribution is -0.136. The van der Waals surface area contributed by atoms with E-state index in [2.05, 4.69) is 31.2 Å². The number of rotatable bonds is 15. The fourth-order valence-electron chi connectivity index (χ4n) is 5.03. The molecule has 1 aromatic heterocycles. The Balaban J connectivity index is 1.71. The maximum atomic E-state index is 12.8. The number of phenols is 1. The summed E-state index contributed by atoms with van der Waals surface area (Å²) in [6.07, 6.45) is 12.3. The van der Waals surface area contributed by atoms with E-state index < -0.39 is 5.97 Å². The second-order valence-corrected chi connectivity index (χ2v) is 11.4. The highest BCUT2D eigenvalue weighted by Crippen LogP contribution is 2.36. The van der Waals surface area contributed by atoms with E-state index in [1.165, 1.54) is 16.0 Å². The molecule has 0 amide bonds. The largest absolute Gasteiger partial charge is 0.508 e. The maximum Gasteiger partial charge on any atom is 0.368 e. The minimum atomic E-state index is -0.494. The summed E-state index contributed by atoms with van der Waals surface area (Å²) in [5.74, 6) is -0.391. The minimum Gasteiger partial charge on any atom is -0.508 e. The zero-order valence-corrected chi connectivity index (χ0v) is 25.2. The van der Waals surface area contributed by atoms with Gasteiger partial charge in [-0.05, 0) is 78.8 Å². The van der Waals surface area contributed by atoms with E-state index >= 15 is 0 Å². The molecule has 2 heterocycles. The van der Waals surface area contributed by atoms with Crippen LogP contribution in [0.2, 0.25) is 0 Å². The van der Waals surface area contributed by atoms with Gasteiger partial charge in [0, 0.05) is 34.1 Å². The number of thiophene rings is 1. The first-order chi connectivity index (χ1) is 20.5. The van der Waals surface area contributed by atoms with Gasteiger partial charge in [-0.3, -0.25) is 0 Å². The first-order valence-corrected chi connectivity index (χ1v) is 15.5. The van der Waals surface area contributed by atoms with Crippen molar-refractivity contribution in [2.45, 2.75) is 52.4 Å². The van der Waals surface area contributed by atoms with Crippen LogP contribution in [0, 0.1) is 0 Å². The summed E-state index contributed by atoms with van der Waals surface area (Å²) < 4.78 is 0. The van der Waals surface area contributed by atoms with Gasteiger partial charge in [0.15, 0.2) is 0 Å². The van der Waals surface area contributed by atoms with Gasteiger partial charge in [0.1, 0.15) is 11.5 Å². The SMILES string of the molecule is CCCCc1c(/C=C2\C(=O)ON=C2c2cccc(O)c2)sc(/C=C/c2ccc(N(CCO)CCO)cc2)c1CCCC. The van der Waals surface area contributed by atoms with Gasteiger partial charge in [-0.1, -0.05) is 62.2 Å². The molecule has 0 spiro atoms. The summed E-state index contributed by atoms with van der Waals surface area (Å²) in [6, 6.07) is 14.8. The van der Waals surface area contributed by atoms with Gasteiger partial charge in [0.05, 0.1) is 18.8 Å². The molecule has 222 valence electrons. The fraction of sp³-hybridized carbons (Fsp3) is 0.353. The molecule has 1 aliphatic rings. The van der Waals surface area contributed by atoms with Crippen LogP contribution in [0.15, 0.2) is 59.3 Å². The first-order valence-electron chi connectivity index (χ1n) is 14.7. The summed E-state index contributed by atoms with van der Waals surface area (Å²) >= 11 is 1.68. The van der Waals surface area contributed by atoms with Gasteiger partial charge < -0.3 is 25.1 Å². The number of nitrogens with zero attached hydrogens (tertiary/aromatic N) is 2. The number of hydrogen-bond donors (Lipinski definition) is 3. The Morgan fingerprint density at radius 1 is 0.905 bits per heavy atom. The maximum absolute atomic E-state index is 12.8. The zero-order chi connectivity index (χ0) is 29.9. The molecule has 0 saturated heterocycles. The van der Waals surface area contributed by atoms with E-state index in [4.69, 9.17) is 4.84 Å². The number of hydrogen-bond acceptors (Lipinski definition) is 8. The Bertz CT molecular complexity index is 1430. The summed E-state index contributed by atoms with van der Waals surface area (Å²) in [4.78, 5) is 22.1. The van der Waals surface area contributed by atoms with E-state index in [9.17, 15) is 20.1 Å². The van der Waals surface area contributed by atoms with Crippen molar-refractivity contribution < 1.29 is 25.0 Å². The van der Waals surface area contributed by atoms with Crippen molar-refractivity contribution in [3.63, 3.8) is 0 Å². The molecule has 1 aliphatic heterocycles. The fourth-order valence-corrected chi connectivity index (χ4v) is 6.27. The number of aliphatic hydroxyl groups excluding tert-OH is 2. The molecule has 0 bridgehead atoms. The van der Waals surface area contributed by atoms with Crippen LogP contribution in [-0.2, 0) is 22.5 Å². The molecule has 0 atom stereocenters. The second-order valence-electron chi connectivity index (χ2n) is 10.3. The van der Waals surface area contributed by atoms with Gasteiger partial charge in [-0.15, -0.1) is 11.3 Å². The van der Waals surface area contributed by atoms with E-state index in [1.54, 1.807) is 35.6 Å². The van der Waals surface area contributed by atoms with Gasteiger partial charge in [-0.2, -0.15) is 0 Å². The van der Waals surface area contributed by atoms with Crippen LogP contribution >= 0.6 is 11.3 Å². The number of aliphatic hydroxyl groups is 2. The van der Waals surface area contributed by atoms with E-state index in [1.807, 2.05) is 35.2 Å². The van der Waals surface area contributed by atoms with Crippen molar-refractivity contribution in [1.29, 1.82) is 0 Å². The predicted molar refractivity (Wildman–Crippen MR) is 172 cm³/mol. The summed E-state index contributed by atoms with van der Waals surface area (Å²) in [6.45, 7) is 5.37. The molecule has 8 heteroatoms. The number of phenolic OH excluding ortho intramolecular Hbond substituents is 1. The summed E-state index contributed by atoms with van der Waals surface area (Å²) in [5.41, 5.74) is 6.06. The number of aromatic hydroxyl groups is 1. The first kappa shape index (κ1) is 31.2. The highest BCUT2D eigenvalue weighted by atomic mass is 32.1. The molecule has 3 aromatic rings. The molecule has 2 aromatic carbocycles. The summed E-state index contributed by atoms with van der Waals surface area (Å²) in [7, 11) is 0. The van der Waals surface area contributed by atoms with Crippen molar-refractivity contribution in [1.82, 2.24) is 0 Å². The predicted octanol–water partition coefficient (Wildman–Crippen LogP) is 6.44.